The number of nitrogens with zero attached hydrogens (tertiary/aromatic N) is 3. The maximum absolute atomic E-state index is 5.93. The monoisotopic (exact) mass is 815 g/mol. The predicted octanol–water partition coefficient (Wildman–Crippen LogP) is 10.6. The Morgan fingerprint density at radius 3 is 1.81 bits per heavy atom. The van der Waals surface area contributed by atoms with E-state index in [1.54, 1.807) is 0 Å². The molecule has 1 aliphatic heterocycles. The molecule has 2 aliphatic rings. The molecule has 278 valence electrons. The molecule has 0 spiro atoms. The van der Waals surface area contributed by atoms with Gasteiger partial charge in [0.05, 0.1) is 0 Å². The molecule has 0 unspecified atom stereocenters. The number of para-hydroxylation sites is 2. The molecule has 0 atom stereocenters. The molecule has 8 aromatic carbocycles. The summed E-state index contributed by atoms with van der Waals surface area (Å²) in [6, 6.07) is 73.5. The molecule has 0 saturated carbocycles. The van der Waals surface area contributed by atoms with Gasteiger partial charge in [-0.05, 0) is 0 Å². The van der Waals surface area contributed by atoms with Gasteiger partial charge in [-0.15, -0.1) is 0 Å². The van der Waals surface area contributed by atoms with Crippen LogP contribution in [0.2, 0.25) is 0 Å². The Labute approximate surface area is 346 Å². The van der Waals surface area contributed by atoms with Gasteiger partial charge in [-0.2, -0.15) is 0 Å². The van der Waals surface area contributed by atoms with Crippen molar-refractivity contribution in [2.45, 2.75) is 19.3 Å². The van der Waals surface area contributed by atoms with Crippen molar-refractivity contribution in [3.8, 4) is 50.6 Å². The van der Waals surface area contributed by atoms with Gasteiger partial charge in [-0.25, -0.2) is 0 Å². The van der Waals surface area contributed by atoms with Crippen LogP contribution < -0.4 is 17.7 Å². The summed E-state index contributed by atoms with van der Waals surface area (Å²) >= 11 is -3.73. The van der Waals surface area contributed by atoms with Crippen molar-refractivity contribution < 1.29 is 0 Å². The van der Waals surface area contributed by atoms with Gasteiger partial charge in [0.25, 0.3) is 0 Å². The van der Waals surface area contributed by atoms with E-state index in [-0.39, 0.29) is 5.41 Å². The summed E-state index contributed by atoms with van der Waals surface area (Å²) in [5.41, 5.74) is 14.2. The zero-order chi connectivity index (χ0) is 39.3. The minimum atomic E-state index is -3.73. The molecule has 0 radical (unpaired) electrons. The molecule has 0 bridgehead atoms. The van der Waals surface area contributed by atoms with Crippen molar-refractivity contribution >= 4 is 52.8 Å². The number of benzene rings is 8. The summed E-state index contributed by atoms with van der Waals surface area (Å²) in [7, 11) is 0. The zero-order valence-electron chi connectivity index (χ0n) is 32.9. The third kappa shape index (κ3) is 4.71. The number of aromatic nitrogens is 3. The average Bonchev–Trinajstić information content (AvgIpc) is 3.88. The van der Waals surface area contributed by atoms with E-state index >= 15 is 0 Å². The van der Waals surface area contributed by atoms with E-state index in [9.17, 15) is 0 Å². The van der Waals surface area contributed by atoms with Crippen LogP contribution >= 0.6 is 0 Å². The molecular formula is C55H39GeN3. The molecule has 12 rings (SSSR count). The molecule has 2 aromatic heterocycles. The van der Waals surface area contributed by atoms with Crippen molar-refractivity contribution in [1.29, 1.82) is 0 Å². The zero-order valence-corrected chi connectivity index (χ0v) is 35.0. The fourth-order valence-corrected chi connectivity index (χ4v) is 21.1. The summed E-state index contributed by atoms with van der Waals surface area (Å²) in [5, 5.41) is 2.57. The minimum absolute atomic E-state index is 0.160. The van der Waals surface area contributed by atoms with Gasteiger partial charge in [0.2, 0.25) is 0 Å². The van der Waals surface area contributed by atoms with Gasteiger partial charge in [0.15, 0.2) is 0 Å². The maximum atomic E-state index is 5.93. The summed E-state index contributed by atoms with van der Waals surface area (Å²) in [5.74, 6) is 0.743. The van der Waals surface area contributed by atoms with Crippen LogP contribution in [0.1, 0.15) is 25.0 Å². The van der Waals surface area contributed by atoms with Crippen molar-refractivity contribution in [3.63, 3.8) is 0 Å². The van der Waals surface area contributed by atoms with E-state index < -0.39 is 13.3 Å². The van der Waals surface area contributed by atoms with Gasteiger partial charge >= 0.3 is 336 Å². The Morgan fingerprint density at radius 2 is 1.07 bits per heavy atom. The van der Waals surface area contributed by atoms with E-state index in [1.165, 1.54) is 67.3 Å². The van der Waals surface area contributed by atoms with Crippen LogP contribution in [-0.4, -0.2) is 27.8 Å². The Balaban J connectivity index is 1.19. The van der Waals surface area contributed by atoms with E-state index in [0.717, 1.165) is 33.9 Å². The van der Waals surface area contributed by atoms with E-state index in [2.05, 4.69) is 219 Å². The topological polar surface area (TPSA) is 30.7 Å². The first kappa shape index (κ1) is 34.2. The second-order valence-electron chi connectivity index (χ2n) is 16.4. The van der Waals surface area contributed by atoms with E-state index in [1.807, 2.05) is 0 Å². The van der Waals surface area contributed by atoms with Gasteiger partial charge in [0, 0.05) is 0 Å². The predicted molar refractivity (Wildman–Crippen MR) is 247 cm³/mol. The van der Waals surface area contributed by atoms with Gasteiger partial charge in [-0.1, -0.05) is 12.1 Å². The van der Waals surface area contributed by atoms with Crippen molar-refractivity contribution in [3.05, 3.63) is 211 Å². The molecule has 0 fully saturated rings. The molecule has 59 heavy (non-hydrogen) atoms. The van der Waals surface area contributed by atoms with E-state index in [4.69, 9.17) is 9.97 Å². The molecule has 0 amide bonds. The Morgan fingerprint density at radius 1 is 0.475 bits per heavy atom. The SMILES string of the molecule is CC1(C)c2ccccc2-c2ccc3c(c21)c1ccccc1n3-c1ccccc1-c1nc(-c2ccccc2)c2[c](n1)[Ge]([c]1ccccc1)([c]1ccccc1)[c]1ccccc1-2. The summed E-state index contributed by atoms with van der Waals surface area (Å²) in [6.45, 7) is 4.77. The van der Waals surface area contributed by atoms with E-state index in [0.29, 0.717) is 0 Å². The summed E-state index contributed by atoms with van der Waals surface area (Å²) in [6.07, 6.45) is 0. The second kappa shape index (κ2) is 12.8. The number of hydrogen-bond donors (Lipinski definition) is 0. The normalized spacial score (nSPS) is 14.2. The first-order valence-electron chi connectivity index (χ1n) is 20.5. The van der Waals surface area contributed by atoms with Crippen molar-refractivity contribution in [2.75, 3.05) is 0 Å². The number of hydrogen-bond acceptors (Lipinski definition) is 2. The molecule has 4 heteroatoms. The molecule has 3 nitrogen and oxygen atoms in total. The van der Waals surface area contributed by atoms with Crippen LogP contribution in [0.25, 0.3) is 72.4 Å². The van der Waals surface area contributed by atoms with Crippen molar-refractivity contribution in [1.82, 2.24) is 14.5 Å². The standard InChI is InChI=1S/C55H39GeN3/c1-55(2)44-30-16-12-26-39(44)40-34-35-48-49(51(40)55)42-28-14-18-32-46(42)59(48)47-33-19-15-29-43(47)54-57-52(36-20-6-3-7-21-36)50-41-27-13-17-31-45(41)56(53(50)58-54,37-22-8-4-9-23-37)38-24-10-5-11-25-38/h3-35H,1-2H3. The van der Waals surface area contributed by atoms with Crippen molar-refractivity contribution in [2.24, 2.45) is 0 Å². The Bertz CT molecular complexity index is 3250. The fraction of sp³-hybridized carbons (Fsp3) is 0.0545. The molecule has 10 aromatic rings. The number of fused-ring (bicyclic) bond motifs is 10. The first-order valence-corrected chi connectivity index (χ1v) is 24.7. The van der Waals surface area contributed by atoms with Crippen LogP contribution in [-0.2, 0) is 5.41 Å². The Kier molecular flexibility index (Phi) is 7.45. The van der Waals surface area contributed by atoms with Crippen LogP contribution in [0.3, 0.4) is 0 Å². The molecule has 0 N–H and O–H groups in total. The quantitative estimate of drug-likeness (QED) is 0.162. The van der Waals surface area contributed by atoms with Crippen LogP contribution in [0, 0.1) is 0 Å². The van der Waals surface area contributed by atoms with Crippen LogP contribution in [0.4, 0.5) is 0 Å². The summed E-state index contributed by atoms with van der Waals surface area (Å²) in [4.78, 5) is 11.6. The van der Waals surface area contributed by atoms with Gasteiger partial charge in [-0.3, -0.25) is 0 Å². The second-order valence-corrected chi connectivity index (χ2v) is 24.1. The molecule has 1 aliphatic carbocycles. The summed E-state index contributed by atoms with van der Waals surface area (Å²) < 4.78 is 7.78. The average molecular weight is 815 g/mol. The molecular weight excluding hydrogens is 775 g/mol. The third-order valence-corrected chi connectivity index (χ3v) is 23.0. The van der Waals surface area contributed by atoms with Gasteiger partial charge in [0.1, 0.15) is 0 Å². The number of rotatable bonds is 5. The van der Waals surface area contributed by atoms with Crippen LogP contribution in [0.5, 0.6) is 0 Å². The van der Waals surface area contributed by atoms with Crippen LogP contribution in [0.15, 0.2) is 200 Å². The molecule has 0 saturated heterocycles. The Hall–Kier alpha value is -6.82. The fourth-order valence-electron chi connectivity index (χ4n) is 10.6. The molecule has 3 heterocycles. The van der Waals surface area contributed by atoms with Gasteiger partial charge < -0.3 is 0 Å². The third-order valence-electron chi connectivity index (χ3n) is 13.1. The first-order chi connectivity index (χ1) is 29.1.